The molecule has 0 saturated carbocycles. The number of rotatable bonds is 6. The van der Waals surface area contributed by atoms with Gasteiger partial charge in [0.15, 0.2) is 16.6 Å². The zero-order valence-corrected chi connectivity index (χ0v) is 21.0. The predicted octanol–water partition coefficient (Wildman–Crippen LogP) is 5.02. The lowest BCUT2D eigenvalue weighted by atomic mass is 10.1. The molecule has 1 aliphatic rings. The van der Waals surface area contributed by atoms with Gasteiger partial charge in [-0.05, 0) is 66.7 Å². The number of H-pyrrole nitrogens is 1. The van der Waals surface area contributed by atoms with Crippen molar-refractivity contribution < 1.29 is 14.2 Å². The van der Waals surface area contributed by atoms with Gasteiger partial charge in [-0.1, -0.05) is 24.3 Å². The molecule has 1 aliphatic heterocycles. The Morgan fingerprint density at radius 3 is 2.50 bits per heavy atom. The minimum Gasteiger partial charge on any atom is -0.497 e. The van der Waals surface area contributed by atoms with Gasteiger partial charge in [-0.25, -0.2) is 0 Å². The van der Waals surface area contributed by atoms with E-state index in [2.05, 4.69) is 10.3 Å². The van der Waals surface area contributed by atoms with Gasteiger partial charge in [0.1, 0.15) is 19.0 Å². The van der Waals surface area contributed by atoms with Crippen LogP contribution < -0.4 is 25.1 Å². The van der Waals surface area contributed by atoms with Gasteiger partial charge in [-0.15, -0.1) is 0 Å². The molecule has 184 valence electrons. The Labute approximate surface area is 214 Å². The molecule has 36 heavy (non-hydrogen) atoms. The third-order valence-corrected chi connectivity index (χ3v) is 6.39. The fraction of sp³-hybridized carbons (Fsp3) is 0.214. The van der Waals surface area contributed by atoms with Crippen LogP contribution in [0.1, 0.15) is 16.7 Å². The second-order valence-electron chi connectivity index (χ2n) is 8.71. The summed E-state index contributed by atoms with van der Waals surface area (Å²) in [6.07, 6.45) is 0. The SMILES string of the molecule is COc1ccc(CN(Cc2cc3cc4c(cc3[nH]c2=O)OCCO4)C(=S)Nc2cccc(C)c2)cc1. The summed E-state index contributed by atoms with van der Waals surface area (Å²) in [5.74, 6) is 2.10. The van der Waals surface area contributed by atoms with Crippen LogP contribution >= 0.6 is 12.2 Å². The zero-order chi connectivity index (χ0) is 25.1. The Balaban J connectivity index is 1.46. The van der Waals surface area contributed by atoms with Gasteiger partial charge in [-0.2, -0.15) is 0 Å². The number of ether oxygens (including phenoxy) is 3. The van der Waals surface area contributed by atoms with E-state index in [1.54, 1.807) is 7.11 Å². The van der Waals surface area contributed by atoms with E-state index in [9.17, 15) is 4.79 Å². The second kappa shape index (κ2) is 10.3. The van der Waals surface area contributed by atoms with Crippen LogP contribution in [0.5, 0.6) is 17.2 Å². The molecule has 0 saturated heterocycles. The first-order valence-corrected chi connectivity index (χ1v) is 12.1. The summed E-state index contributed by atoms with van der Waals surface area (Å²) in [4.78, 5) is 18.0. The normalized spacial score (nSPS) is 12.3. The summed E-state index contributed by atoms with van der Waals surface area (Å²) in [7, 11) is 1.64. The fourth-order valence-electron chi connectivity index (χ4n) is 4.19. The molecule has 0 spiro atoms. The van der Waals surface area contributed by atoms with Gasteiger partial charge < -0.3 is 29.4 Å². The molecule has 0 amide bonds. The molecule has 3 aromatic carbocycles. The number of hydrogen-bond donors (Lipinski definition) is 2. The first-order valence-electron chi connectivity index (χ1n) is 11.7. The Morgan fingerprint density at radius 2 is 1.78 bits per heavy atom. The number of thiocarbonyl (C=S) groups is 1. The van der Waals surface area contributed by atoms with Crippen LogP contribution in [0.25, 0.3) is 10.9 Å². The van der Waals surface area contributed by atoms with Crippen molar-refractivity contribution in [2.24, 2.45) is 0 Å². The number of anilines is 1. The number of pyridine rings is 1. The van der Waals surface area contributed by atoms with Crippen LogP contribution in [0, 0.1) is 6.92 Å². The van der Waals surface area contributed by atoms with Gasteiger partial charge in [0.05, 0.1) is 19.2 Å². The van der Waals surface area contributed by atoms with Crippen LogP contribution in [0.15, 0.2) is 71.5 Å². The number of benzene rings is 3. The van der Waals surface area contributed by atoms with E-state index < -0.39 is 0 Å². The number of hydrogen-bond acceptors (Lipinski definition) is 5. The van der Waals surface area contributed by atoms with Gasteiger partial charge >= 0.3 is 0 Å². The highest BCUT2D eigenvalue weighted by atomic mass is 32.1. The standard InChI is InChI=1S/C28H27N3O4S/c1-18-4-3-5-22(12-18)29-28(36)31(16-19-6-8-23(33-2)9-7-19)17-21-13-20-14-25-26(35-11-10-34-25)15-24(20)30-27(21)32/h3-9,12-15H,10-11,16-17H2,1-2H3,(H,29,36)(H,30,32). The molecule has 8 heteroatoms. The number of nitrogens with zero attached hydrogens (tertiary/aromatic N) is 1. The van der Waals surface area contributed by atoms with Crippen molar-refractivity contribution in [2.75, 3.05) is 25.6 Å². The molecular weight excluding hydrogens is 474 g/mol. The largest absolute Gasteiger partial charge is 0.497 e. The number of aromatic amines is 1. The molecule has 0 atom stereocenters. The fourth-order valence-corrected chi connectivity index (χ4v) is 4.43. The first-order chi connectivity index (χ1) is 17.5. The van der Waals surface area contributed by atoms with E-state index >= 15 is 0 Å². The Bertz CT molecular complexity index is 1470. The van der Waals surface area contributed by atoms with Gasteiger partial charge in [0, 0.05) is 29.2 Å². The smallest absolute Gasteiger partial charge is 0.253 e. The number of aromatic nitrogens is 1. The third-order valence-electron chi connectivity index (χ3n) is 6.03. The molecular formula is C28H27N3O4S. The van der Waals surface area contributed by atoms with E-state index in [1.165, 1.54) is 0 Å². The van der Waals surface area contributed by atoms with Crippen molar-refractivity contribution in [3.63, 3.8) is 0 Å². The van der Waals surface area contributed by atoms with Crippen LogP contribution in [-0.4, -0.2) is 35.3 Å². The van der Waals surface area contributed by atoms with E-state index in [-0.39, 0.29) is 5.56 Å². The molecule has 0 fully saturated rings. The lowest BCUT2D eigenvalue weighted by molar-refractivity contribution is 0.172. The van der Waals surface area contributed by atoms with Crippen molar-refractivity contribution in [3.05, 3.63) is 93.8 Å². The minimum absolute atomic E-state index is 0.169. The molecule has 0 radical (unpaired) electrons. The van der Waals surface area contributed by atoms with Gasteiger partial charge in [0.25, 0.3) is 5.56 Å². The van der Waals surface area contributed by atoms with E-state index in [1.807, 2.05) is 78.6 Å². The average molecular weight is 502 g/mol. The van der Waals surface area contributed by atoms with E-state index in [0.29, 0.717) is 54.0 Å². The Morgan fingerprint density at radius 1 is 1.03 bits per heavy atom. The summed E-state index contributed by atoms with van der Waals surface area (Å²) in [6.45, 7) is 3.87. The highest BCUT2D eigenvalue weighted by molar-refractivity contribution is 7.80. The van der Waals surface area contributed by atoms with Crippen molar-refractivity contribution in [1.29, 1.82) is 0 Å². The molecule has 1 aromatic heterocycles. The summed E-state index contributed by atoms with van der Waals surface area (Å²) in [5.41, 5.74) is 4.20. The number of fused-ring (bicyclic) bond motifs is 2. The molecule has 2 heterocycles. The number of nitrogens with one attached hydrogen (secondary N) is 2. The maximum absolute atomic E-state index is 13.1. The third kappa shape index (κ3) is 5.28. The predicted molar refractivity (Wildman–Crippen MR) is 145 cm³/mol. The molecule has 0 aliphatic carbocycles. The van der Waals surface area contributed by atoms with Crippen molar-refractivity contribution >= 4 is 33.9 Å². The molecule has 0 bridgehead atoms. The lowest BCUT2D eigenvalue weighted by Crippen LogP contribution is -2.35. The van der Waals surface area contributed by atoms with Crippen molar-refractivity contribution in [2.45, 2.75) is 20.0 Å². The summed E-state index contributed by atoms with van der Waals surface area (Å²) in [5, 5.41) is 4.72. The minimum atomic E-state index is -0.169. The monoisotopic (exact) mass is 501 g/mol. The maximum atomic E-state index is 13.1. The topological polar surface area (TPSA) is 75.8 Å². The highest BCUT2D eigenvalue weighted by Gasteiger charge is 2.17. The first kappa shape index (κ1) is 23.7. The summed E-state index contributed by atoms with van der Waals surface area (Å²) >= 11 is 5.81. The molecule has 5 rings (SSSR count). The van der Waals surface area contributed by atoms with E-state index in [4.69, 9.17) is 26.4 Å². The van der Waals surface area contributed by atoms with Crippen LogP contribution in [0.4, 0.5) is 5.69 Å². The zero-order valence-electron chi connectivity index (χ0n) is 20.2. The highest BCUT2D eigenvalue weighted by Crippen LogP contribution is 2.33. The molecule has 0 unspecified atom stereocenters. The van der Waals surface area contributed by atoms with Gasteiger partial charge in [0.2, 0.25) is 0 Å². The quantitative estimate of drug-likeness (QED) is 0.360. The van der Waals surface area contributed by atoms with Crippen LogP contribution in [-0.2, 0) is 13.1 Å². The average Bonchev–Trinajstić information content (AvgIpc) is 2.88. The Hall–Kier alpha value is -4.04. The second-order valence-corrected chi connectivity index (χ2v) is 9.10. The molecule has 7 nitrogen and oxygen atoms in total. The van der Waals surface area contributed by atoms with E-state index in [0.717, 1.165) is 28.0 Å². The number of aryl methyl sites for hydroxylation is 1. The van der Waals surface area contributed by atoms with Crippen molar-refractivity contribution in [1.82, 2.24) is 9.88 Å². The summed E-state index contributed by atoms with van der Waals surface area (Å²) in [6, 6.07) is 21.4. The molecule has 2 N–H and O–H groups in total. The Kier molecular flexibility index (Phi) is 6.77. The van der Waals surface area contributed by atoms with Crippen molar-refractivity contribution in [3.8, 4) is 17.2 Å². The van der Waals surface area contributed by atoms with Crippen LogP contribution in [0.3, 0.4) is 0 Å². The van der Waals surface area contributed by atoms with Crippen LogP contribution in [0.2, 0.25) is 0 Å². The summed E-state index contributed by atoms with van der Waals surface area (Å²) < 4.78 is 16.7. The van der Waals surface area contributed by atoms with Gasteiger partial charge in [-0.3, -0.25) is 4.79 Å². The maximum Gasteiger partial charge on any atom is 0.253 e. The lowest BCUT2D eigenvalue weighted by Gasteiger charge is -2.26. The molecule has 4 aromatic rings. The number of methoxy groups -OCH3 is 1.